The zero-order chi connectivity index (χ0) is 18.4. The quantitative estimate of drug-likeness (QED) is 0.504. The summed E-state index contributed by atoms with van der Waals surface area (Å²) >= 11 is 5.95. The molecule has 132 valence electrons. The first-order valence-electron chi connectivity index (χ1n) is 8.04. The normalized spacial score (nSPS) is 20.9. The molecule has 0 saturated heterocycles. The second-order valence-electron chi connectivity index (χ2n) is 6.66. The molecule has 1 saturated carbocycles. The third kappa shape index (κ3) is 3.37. The number of amidine groups is 2. The Kier molecular flexibility index (Phi) is 4.51. The molecule has 1 aromatic heterocycles. The second kappa shape index (κ2) is 6.35. The van der Waals surface area contributed by atoms with E-state index in [0.717, 1.165) is 12.8 Å². The van der Waals surface area contributed by atoms with Crippen molar-refractivity contribution < 1.29 is 9.50 Å². The molecule has 0 atom stereocenters. The van der Waals surface area contributed by atoms with Crippen LogP contribution in [-0.2, 0) is 5.60 Å². The molecule has 25 heavy (non-hydrogen) atoms. The average molecular weight is 363 g/mol. The van der Waals surface area contributed by atoms with Gasteiger partial charge in [0.1, 0.15) is 11.4 Å². The van der Waals surface area contributed by atoms with Gasteiger partial charge in [0.25, 0.3) is 0 Å². The highest BCUT2D eigenvalue weighted by molar-refractivity contribution is 6.66. The molecule has 0 amide bonds. The molecule has 1 N–H and O–H groups in total. The van der Waals surface area contributed by atoms with E-state index in [1.165, 1.54) is 7.05 Å². The Hall–Kier alpha value is -2.05. The van der Waals surface area contributed by atoms with Crippen LogP contribution < -0.4 is 4.90 Å². The SMILES string of the molecule is C=C1C(=NC(Cl)=NC)N(c2cccc(C(C)(C)O)n2)C(C2CC2)=C1F. The number of nitrogens with zero attached hydrogens (tertiary/aromatic N) is 4. The number of hydrogen-bond donors (Lipinski definition) is 1. The van der Waals surface area contributed by atoms with E-state index >= 15 is 0 Å². The maximum atomic E-state index is 14.8. The van der Waals surface area contributed by atoms with Gasteiger partial charge in [-0.2, -0.15) is 4.99 Å². The van der Waals surface area contributed by atoms with Crippen LogP contribution in [0.15, 0.2) is 51.9 Å². The van der Waals surface area contributed by atoms with Crippen molar-refractivity contribution >= 4 is 28.5 Å². The van der Waals surface area contributed by atoms with E-state index in [4.69, 9.17) is 11.6 Å². The molecule has 3 rings (SSSR count). The van der Waals surface area contributed by atoms with Gasteiger partial charge in [-0.1, -0.05) is 12.6 Å². The molecule has 1 aromatic rings. The molecule has 0 spiro atoms. The summed E-state index contributed by atoms with van der Waals surface area (Å²) in [7, 11) is 1.51. The topological polar surface area (TPSA) is 61.1 Å². The third-order valence-corrected chi connectivity index (χ3v) is 4.40. The number of hydrogen-bond acceptors (Lipinski definition) is 3. The first-order valence-corrected chi connectivity index (χ1v) is 8.42. The Bertz CT molecular complexity index is 819. The molecular weight excluding hydrogens is 343 g/mol. The van der Waals surface area contributed by atoms with Crippen LogP contribution in [0.4, 0.5) is 10.2 Å². The van der Waals surface area contributed by atoms with Crippen molar-refractivity contribution in [3.63, 3.8) is 0 Å². The lowest BCUT2D eigenvalue weighted by molar-refractivity contribution is 0.0740. The van der Waals surface area contributed by atoms with Crippen LogP contribution in [0.25, 0.3) is 0 Å². The maximum absolute atomic E-state index is 14.8. The molecule has 1 aliphatic heterocycles. The number of aliphatic hydroxyl groups is 1. The fourth-order valence-corrected chi connectivity index (χ4v) is 2.77. The Morgan fingerprint density at radius 3 is 2.68 bits per heavy atom. The lowest BCUT2D eigenvalue weighted by atomic mass is 10.1. The predicted molar refractivity (Wildman–Crippen MR) is 98.6 cm³/mol. The van der Waals surface area contributed by atoms with Gasteiger partial charge in [-0.15, -0.1) is 0 Å². The van der Waals surface area contributed by atoms with Crippen LogP contribution in [0.5, 0.6) is 0 Å². The van der Waals surface area contributed by atoms with E-state index in [1.54, 1.807) is 36.9 Å². The highest BCUT2D eigenvalue weighted by atomic mass is 35.5. The van der Waals surface area contributed by atoms with Crippen LogP contribution in [0.1, 0.15) is 32.4 Å². The summed E-state index contributed by atoms with van der Waals surface area (Å²) < 4.78 is 14.8. The van der Waals surface area contributed by atoms with Crippen molar-refractivity contribution in [1.29, 1.82) is 0 Å². The van der Waals surface area contributed by atoms with Gasteiger partial charge in [0, 0.05) is 18.5 Å². The minimum Gasteiger partial charge on any atom is -0.384 e. The molecule has 1 fully saturated rings. The summed E-state index contributed by atoms with van der Waals surface area (Å²) in [6, 6.07) is 5.24. The van der Waals surface area contributed by atoms with Gasteiger partial charge in [0.2, 0.25) is 5.29 Å². The number of rotatable bonds is 3. The van der Waals surface area contributed by atoms with Gasteiger partial charge >= 0.3 is 0 Å². The van der Waals surface area contributed by atoms with E-state index in [1.807, 2.05) is 0 Å². The number of aliphatic imine (C=N–C) groups is 2. The molecule has 5 nitrogen and oxygen atoms in total. The Balaban J connectivity index is 2.15. The lowest BCUT2D eigenvalue weighted by Gasteiger charge is -2.24. The minimum absolute atomic E-state index is 0.00430. The summed E-state index contributed by atoms with van der Waals surface area (Å²) in [4.78, 5) is 14.2. The molecule has 0 unspecified atom stereocenters. The number of anilines is 1. The summed E-state index contributed by atoms with van der Waals surface area (Å²) in [5, 5.41) is 10.2. The monoisotopic (exact) mass is 362 g/mol. The van der Waals surface area contributed by atoms with Crippen LogP contribution >= 0.6 is 11.6 Å². The summed E-state index contributed by atoms with van der Waals surface area (Å²) in [6.07, 6.45) is 1.81. The van der Waals surface area contributed by atoms with Gasteiger partial charge in [-0.05, 0) is 50.4 Å². The van der Waals surface area contributed by atoms with Gasteiger partial charge in [-0.3, -0.25) is 9.89 Å². The maximum Gasteiger partial charge on any atom is 0.219 e. The first kappa shape index (κ1) is 17.8. The standard InChI is InChI=1S/C18H20ClFN4O/c1-10-14(20)15(11-8-9-11)24(16(10)23-17(19)21-4)13-7-5-6-12(22-13)18(2,3)25/h5-7,11,25H,1,8-9H2,2-4H3. The van der Waals surface area contributed by atoms with Crippen LogP contribution in [0.2, 0.25) is 0 Å². The van der Waals surface area contributed by atoms with Crippen molar-refractivity contribution in [3.05, 3.63) is 47.6 Å². The molecule has 0 aromatic carbocycles. The zero-order valence-corrected chi connectivity index (χ0v) is 15.2. The van der Waals surface area contributed by atoms with Gasteiger partial charge in [0.05, 0.1) is 11.4 Å². The highest BCUT2D eigenvalue weighted by Crippen LogP contribution is 2.47. The largest absolute Gasteiger partial charge is 0.384 e. The molecule has 1 aliphatic carbocycles. The molecular formula is C18H20ClFN4O. The van der Waals surface area contributed by atoms with E-state index in [0.29, 0.717) is 17.2 Å². The van der Waals surface area contributed by atoms with E-state index in [2.05, 4.69) is 21.5 Å². The smallest absolute Gasteiger partial charge is 0.219 e. The van der Waals surface area contributed by atoms with Crippen LogP contribution in [0.3, 0.4) is 0 Å². The number of aromatic nitrogens is 1. The molecule has 2 heterocycles. The van der Waals surface area contributed by atoms with Crippen LogP contribution in [0, 0.1) is 5.92 Å². The predicted octanol–water partition coefficient (Wildman–Crippen LogP) is 3.90. The Labute approximate surface area is 151 Å². The number of halogens is 2. The molecule has 0 radical (unpaired) electrons. The summed E-state index contributed by atoms with van der Waals surface area (Å²) in [6.45, 7) is 7.11. The molecule has 0 bridgehead atoms. The minimum atomic E-state index is -1.12. The van der Waals surface area contributed by atoms with Crippen LogP contribution in [-0.4, -0.2) is 28.3 Å². The van der Waals surface area contributed by atoms with Crippen molar-refractivity contribution in [2.24, 2.45) is 15.9 Å². The molecule has 7 heteroatoms. The van der Waals surface area contributed by atoms with Gasteiger partial charge in [-0.25, -0.2) is 9.37 Å². The van der Waals surface area contributed by atoms with E-state index in [-0.39, 0.29) is 22.6 Å². The summed E-state index contributed by atoms with van der Waals surface area (Å²) in [5.74, 6) is 0.455. The number of allylic oxidation sites excluding steroid dienone is 1. The van der Waals surface area contributed by atoms with Gasteiger partial charge < -0.3 is 5.11 Å². The Morgan fingerprint density at radius 2 is 2.12 bits per heavy atom. The van der Waals surface area contributed by atoms with Crippen molar-refractivity contribution in [1.82, 2.24) is 4.98 Å². The fraction of sp³-hybridized carbons (Fsp3) is 0.389. The average Bonchev–Trinajstić information content (AvgIpc) is 3.37. The van der Waals surface area contributed by atoms with E-state index in [9.17, 15) is 9.50 Å². The fourth-order valence-electron chi connectivity index (χ4n) is 2.69. The Morgan fingerprint density at radius 1 is 1.44 bits per heavy atom. The second-order valence-corrected chi connectivity index (χ2v) is 6.99. The summed E-state index contributed by atoms with van der Waals surface area (Å²) in [5.41, 5.74) is 0.0331. The lowest BCUT2D eigenvalue weighted by Crippen LogP contribution is -2.29. The van der Waals surface area contributed by atoms with Crippen molar-refractivity contribution in [3.8, 4) is 0 Å². The van der Waals surface area contributed by atoms with E-state index < -0.39 is 11.4 Å². The highest BCUT2D eigenvalue weighted by Gasteiger charge is 2.43. The van der Waals surface area contributed by atoms with Crippen molar-refractivity contribution in [2.45, 2.75) is 32.3 Å². The first-order chi connectivity index (χ1) is 11.7. The third-order valence-electron chi connectivity index (χ3n) is 4.15. The molecule has 2 aliphatic rings. The zero-order valence-electron chi connectivity index (χ0n) is 14.4. The van der Waals surface area contributed by atoms with Crippen molar-refractivity contribution in [2.75, 3.05) is 11.9 Å². The number of pyridine rings is 1. The van der Waals surface area contributed by atoms with Gasteiger partial charge in [0.15, 0.2) is 11.7 Å².